The van der Waals surface area contributed by atoms with Crippen LogP contribution in [0.4, 0.5) is 0 Å². The Morgan fingerprint density at radius 1 is 1.12 bits per heavy atom. The maximum absolute atomic E-state index is 12.4. The largest absolute Gasteiger partial charge is 0.497 e. The first kappa shape index (κ1) is 22.6. The highest BCUT2D eigenvalue weighted by atomic mass is 16.5. The quantitative estimate of drug-likeness (QED) is 0.613. The van der Waals surface area contributed by atoms with Crippen LogP contribution in [0, 0.1) is 0 Å². The van der Waals surface area contributed by atoms with Gasteiger partial charge in [0.05, 0.1) is 13.2 Å². The molecule has 0 N–H and O–H groups in total. The summed E-state index contributed by atoms with van der Waals surface area (Å²) in [6.45, 7) is 7.03. The van der Waals surface area contributed by atoms with Crippen molar-refractivity contribution < 1.29 is 9.53 Å². The van der Waals surface area contributed by atoms with E-state index in [9.17, 15) is 4.79 Å². The average Bonchev–Trinajstić information content (AvgIpc) is 3.09. The minimum absolute atomic E-state index is 0.0293. The highest BCUT2D eigenvalue weighted by Crippen LogP contribution is 2.37. The summed E-state index contributed by atoms with van der Waals surface area (Å²) in [5, 5.41) is 0. The first-order chi connectivity index (χ1) is 15.5. The maximum Gasteiger partial charge on any atom is 0.253 e. The summed E-state index contributed by atoms with van der Waals surface area (Å²) in [5.41, 5.74) is 3.15. The molecular formula is C27H35N3O2. The third kappa shape index (κ3) is 4.59. The molecule has 0 radical (unpaired) electrons. The molecular weight excluding hydrogens is 398 g/mol. The van der Waals surface area contributed by atoms with Gasteiger partial charge in [-0.3, -0.25) is 14.6 Å². The zero-order valence-electron chi connectivity index (χ0n) is 19.5. The summed E-state index contributed by atoms with van der Waals surface area (Å²) in [4.78, 5) is 19.3. The summed E-state index contributed by atoms with van der Waals surface area (Å²) in [7, 11) is 5.29. The molecule has 2 fully saturated rings. The molecule has 2 saturated heterocycles. The number of likely N-dealkylation sites (tertiary alicyclic amines) is 1. The van der Waals surface area contributed by atoms with E-state index in [1.807, 2.05) is 24.3 Å². The number of fused-ring (bicyclic) bond motifs is 2. The van der Waals surface area contributed by atoms with Gasteiger partial charge in [-0.1, -0.05) is 30.3 Å². The molecule has 0 aromatic heterocycles. The first-order valence-electron chi connectivity index (χ1n) is 11.6. The summed E-state index contributed by atoms with van der Waals surface area (Å²) in [6, 6.07) is 17.9. The lowest BCUT2D eigenvalue weighted by atomic mass is 9.94. The minimum atomic E-state index is 0.0293. The summed E-state index contributed by atoms with van der Waals surface area (Å²) < 4.78 is 5.54. The Hall–Kier alpha value is -2.63. The zero-order valence-corrected chi connectivity index (χ0v) is 19.5. The van der Waals surface area contributed by atoms with Crippen molar-refractivity contribution in [2.24, 2.45) is 0 Å². The van der Waals surface area contributed by atoms with E-state index >= 15 is 0 Å². The lowest BCUT2D eigenvalue weighted by Gasteiger charge is -2.34. The monoisotopic (exact) mass is 433 g/mol. The SMILES string of the molecule is C=CCN1C2CCC1CN(C(c1ccc(C(=O)N(C)C)cc1)c1cccc(OC)c1)CC2. The molecule has 1 amide bonds. The molecule has 0 saturated carbocycles. The van der Waals surface area contributed by atoms with Gasteiger partial charge in [0.25, 0.3) is 5.91 Å². The topological polar surface area (TPSA) is 36.0 Å². The van der Waals surface area contributed by atoms with Crippen LogP contribution < -0.4 is 4.74 Å². The van der Waals surface area contributed by atoms with Crippen LogP contribution in [0.15, 0.2) is 61.2 Å². The van der Waals surface area contributed by atoms with Crippen LogP contribution in [-0.2, 0) is 0 Å². The van der Waals surface area contributed by atoms with Gasteiger partial charge in [-0.15, -0.1) is 6.58 Å². The number of carbonyl (C=O) groups is 1. The molecule has 2 aromatic carbocycles. The van der Waals surface area contributed by atoms with Crippen LogP contribution in [0.3, 0.4) is 0 Å². The smallest absolute Gasteiger partial charge is 0.253 e. The molecule has 3 unspecified atom stereocenters. The van der Waals surface area contributed by atoms with Crippen LogP contribution in [0.1, 0.15) is 46.8 Å². The van der Waals surface area contributed by atoms with E-state index in [1.54, 1.807) is 26.1 Å². The van der Waals surface area contributed by atoms with Crippen molar-refractivity contribution in [3.8, 4) is 5.75 Å². The molecule has 2 aliphatic heterocycles. The number of ether oxygens (including phenoxy) is 1. The molecule has 2 bridgehead atoms. The van der Waals surface area contributed by atoms with Gasteiger partial charge >= 0.3 is 0 Å². The fourth-order valence-electron chi connectivity index (χ4n) is 5.37. The van der Waals surface area contributed by atoms with Crippen molar-refractivity contribution in [2.45, 2.75) is 37.4 Å². The van der Waals surface area contributed by atoms with E-state index in [0.29, 0.717) is 12.1 Å². The van der Waals surface area contributed by atoms with E-state index in [0.717, 1.165) is 30.9 Å². The molecule has 5 nitrogen and oxygen atoms in total. The first-order valence-corrected chi connectivity index (χ1v) is 11.6. The van der Waals surface area contributed by atoms with E-state index in [2.05, 4.69) is 46.7 Å². The fourth-order valence-corrected chi connectivity index (χ4v) is 5.37. The molecule has 2 aromatic rings. The molecule has 2 heterocycles. The number of amides is 1. The van der Waals surface area contributed by atoms with Crippen molar-refractivity contribution >= 4 is 5.91 Å². The number of hydrogen-bond acceptors (Lipinski definition) is 4. The van der Waals surface area contributed by atoms with Gasteiger partial charge in [0.2, 0.25) is 0 Å². The van der Waals surface area contributed by atoms with E-state index in [-0.39, 0.29) is 11.9 Å². The van der Waals surface area contributed by atoms with Gasteiger partial charge in [0.15, 0.2) is 0 Å². The molecule has 3 atom stereocenters. The van der Waals surface area contributed by atoms with Crippen LogP contribution in [0.2, 0.25) is 0 Å². The van der Waals surface area contributed by atoms with Gasteiger partial charge in [-0.25, -0.2) is 0 Å². The number of carbonyl (C=O) groups excluding carboxylic acids is 1. The van der Waals surface area contributed by atoms with Crippen molar-refractivity contribution in [2.75, 3.05) is 40.8 Å². The van der Waals surface area contributed by atoms with Gasteiger partial charge in [-0.2, -0.15) is 0 Å². The normalized spacial score (nSPS) is 22.2. The molecule has 4 rings (SSSR count). The van der Waals surface area contributed by atoms with Crippen molar-refractivity contribution in [1.82, 2.24) is 14.7 Å². The molecule has 0 aliphatic carbocycles. The fraction of sp³-hybridized carbons (Fsp3) is 0.444. The Labute approximate surface area is 192 Å². The van der Waals surface area contributed by atoms with Crippen LogP contribution >= 0.6 is 0 Å². The second kappa shape index (κ2) is 9.88. The molecule has 5 heteroatoms. The van der Waals surface area contributed by atoms with E-state index < -0.39 is 0 Å². The number of rotatable bonds is 7. The Kier molecular flexibility index (Phi) is 6.97. The summed E-state index contributed by atoms with van der Waals surface area (Å²) >= 11 is 0. The van der Waals surface area contributed by atoms with Gasteiger partial charge in [0.1, 0.15) is 5.75 Å². The predicted molar refractivity (Wildman–Crippen MR) is 129 cm³/mol. The zero-order chi connectivity index (χ0) is 22.7. The number of hydrogen-bond donors (Lipinski definition) is 0. The highest BCUT2D eigenvalue weighted by Gasteiger charge is 2.38. The van der Waals surface area contributed by atoms with Gasteiger partial charge in [0, 0.05) is 51.4 Å². The Bertz CT molecular complexity index is 940. The summed E-state index contributed by atoms with van der Waals surface area (Å²) in [6.07, 6.45) is 5.75. The second-order valence-corrected chi connectivity index (χ2v) is 9.15. The molecule has 2 aliphatic rings. The Balaban J connectivity index is 1.68. The van der Waals surface area contributed by atoms with Gasteiger partial charge in [-0.05, 0) is 54.7 Å². The number of nitrogens with zero attached hydrogens (tertiary/aromatic N) is 3. The van der Waals surface area contributed by atoms with E-state index in [4.69, 9.17) is 4.74 Å². The second-order valence-electron chi connectivity index (χ2n) is 9.15. The van der Waals surface area contributed by atoms with Crippen molar-refractivity contribution in [3.63, 3.8) is 0 Å². The van der Waals surface area contributed by atoms with Crippen molar-refractivity contribution in [1.29, 1.82) is 0 Å². The maximum atomic E-state index is 12.4. The van der Waals surface area contributed by atoms with Crippen molar-refractivity contribution in [3.05, 3.63) is 77.9 Å². The Morgan fingerprint density at radius 2 is 1.88 bits per heavy atom. The van der Waals surface area contributed by atoms with E-state index in [1.165, 1.54) is 30.4 Å². The molecule has 0 spiro atoms. The van der Waals surface area contributed by atoms with Crippen LogP contribution in [0.25, 0.3) is 0 Å². The molecule has 170 valence electrons. The van der Waals surface area contributed by atoms with Gasteiger partial charge < -0.3 is 9.64 Å². The van der Waals surface area contributed by atoms with Crippen LogP contribution in [-0.4, -0.2) is 73.5 Å². The number of methoxy groups -OCH3 is 1. The van der Waals surface area contributed by atoms with Crippen LogP contribution in [0.5, 0.6) is 5.75 Å². The number of benzene rings is 2. The standard InChI is InChI=1S/C27H35N3O2/c1-5-16-30-23-13-14-24(30)19-29(17-15-23)26(22-7-6-8-25(18-22)32-4)20-9-11-21(12-10-20)27(31)28(2)3/h5-12,18,23-24,26H,1,13-17,19H2,2-4H3. The highest BCUT2D eigenvalue weighted by molar-refractivity contribution is 5.93. The minimum Gasteiger partial charge on any atom is -0.497 e. The predicted octanol–water partition coefficient (Wildman–Crippen LogP) is 4.21. The lowest BCUT2D eigenvalue weighted by Crippen LogP contribution is -2.40. The average molecular weight is 434 g/mol. The Morgan fingerprint density at radius 3 is 2.56 bits per heavy atom. The molecule has 32 heavy (non-hydrogen) atoms. The summed E-state index contributed by atoms with van der Waals surface area (Å²) in [5.74, 6) is 0.901. The lowest BCUT2D eigenvalue weighted by molar-refractivity contribution is 0.0827. The third-order valence-corrected chi connectivity index (χ3v) is 6.96. The third-order valence-electron chi connectivity index (χ3n) is 6.96.